The van der Waals surface area contributed by atoms with E-state index >= 15 is 0 Å². The molecule has 1 aliphatic carbocycles. The first-order valence-corrected chi connectivity index (χ1v) is 6.98. The van der Waals surface area contributed by atoms with Crippen LogP contribution in [-0.2, 0) is 4.29 Å². The number of pyridine rings is 1. The van der Waals surface area contributed by atoms with E-state index in [1.54, 1.807) is 0 Å². The highest BCUT2D eigenvalue weighted by Crippen LogP contribution is 2.39. The van der Waals surface area contributed by atoms with Crippen molar-refractivity contribution >= 4 is 11.9 Å². The molecule has 3 rings (SSSR count). The second-order valence-corrected chi connectivity index (χ2v) is 5.14. The van der Waals surface area contributed by atoms with Crippen LogP contribution >= 0.6 is 11.9 Å². The Bertz CT molecular complexity index is 512. The van der Waals surface area contributed by atoms with Crippen LogP contribution in [0.4, 0.5) is 0 Å². The predicted molar refractivity (Wildman–Crippen MR) is 81.5 cm³/mol. The van der Waals surface area contributed by atoms with Gasteiger partial charge in [0.2, 0.25) is 0 Å². The summed E-state index contributed by atoms with van der Waals surface area (Å²) in [4.78, 5) is 4.49. The molecule has 1 aliphatic rings. The summed E-state index contributed by atoms with van der Waals surface area (Å²) in [5.74, 6) is 0.754. The van der Waals surface area contributed by atoms with E-state index in [-0.39, 0.29) is 6.04 Å². The normalized spacial score (nSPS) is 15.2. The van der Waals surface area contributed by atoms with Crippen molar-refractivity contribution in [2.45, 2.75) is 24.8 Å². The fraction of sp³-hybridized carbons (Fsp3) is 0.312. The minimum Gasteiger partial charge on any atom is -0.319 e. The second-order valence-electron chi connectivity index (χ2n) is 4.83. The summed E-state index contributed by atoms with van der Waals surface area (Å²) >= 11 is 4.50. The highest BCUT2D eigenvalue weighted by atomic mass is 35.5. The summed E-state index contributed by atoms with van der Waals surface area (Å²) < 4.78 is 3.72. The first kappa shape index (κ1) is 15.0. The average molecular weight is 291 g/mol. The molecule has 2 aromatic rings. The maximum absolute atomic E-state index is 6.20. The Morgan fingerprint density at radius 3 is 2.35 bits per heavy atom. The van der Waals surface area contributed by atoms with Crippen LogP contribution in [0, 0.1) is 0 Å². The van der Waals surface area contributed by atoms with Crippen molar-refractivity contribution in [1.82, 2.24) is 4.98 Å². The van der Waals surface area contributed by atoms with Crippen molar-refractivity contribution in [1.29, 1.82) is 0 Å². The molecule has 0 radical (unpaired) electrons. The van der Waals surface area contributed by atoms with Crippen LogP contribution in [0.15, 0.2) is 48.7 Å². The Labute approximate surface area is 124 Å². The molecule has 0 aliphatic heterocycles. The van der Waals surface area contributed by atoms with E-state index in [1.807, 2.05) is 36.5 Å². The molecule has 0 spiro atoms. The van der Waals surface area contributed by atoms with E-state index in [0.717, 1.165) is 17.2 Å². The van der Waals surface area contributed by atoms with Gasteiger partial charge in [0, 0.05) is 6.20 Å². The van der Waals surface area contributed by atoms with Gasteiger partial charge in [-0.15, -0.1) is 0 Å². The highest BCUT2D eigenvalue weighted by molar-refractivity contribution is 6.07. The van der Waals surface area contributed by atoms with Gasteiger partial charge in [0.25, 0.3) is 0 Å². The fourth-order valence-electron chi connectivity index (χ4n) is 2.09. The third kappa shape index (κ3) is 4.04. The van der Waals surface area contributed by atoms with Crippen LogP contribution in [0.25, 0.3) is 0 Å². The first-order valence-electron chi connectivity index (χ1n) is 6.67. The molecule has 3 nitrogen and oxygen atoms in total. The van der Waals surface area contributed by atoms with Gasteiger partial charge >= 0.3 is 0 Å². The first-order chi connectivity index (χ1) is 9.76. The quantitative estimate of drug-likeness (QED) is 0.935. The van der Waals surface area contributed by atoms with Gasteiger partial charge in [0.15, 0.2) is 0 Å². The van der Waals surface area contributed by atoms with Crippen LogP contribution in [0.1, 0.15) is 41.6 Å². The van der Waals surface area contributed by atoms with Gasteiger partial charge in [0.05, 0.1) is 30.7 Å². The van der Waals surface area contributed by atoms with Gasteiger partial charge in [-0.1, -0.05) is 36.4 Å². The minimum atomic E-state index is -0.121. The maximum atomic E-state index is 6.20. The Hall–Kier alpha value is -1.42. The molecule has 1 atom stereocenters. The standard InChI is InChI=1S/C15H16N2.CH3ClO/c16-15(12-4-2-1-3-5-12)14-9-8-13(10-17-14)11-6-7-11;1-3-2/h1-5,8-11,15H,6-7,16H2;1H3. The number of aromatic nitrogens is 1. The highest BCUT2D eigenvalue weighted by Gasteiger charge is 2.23. The molecule has 0 bridgehead atoms. The Kier molecular flexibility index (Phi) is 5.53. The maximum Gasteiger partial charge on any atom is 0.0726 e. The van der Waals surface area contributed by atoms with Crippen LogP contribution in [-0.4, -0.2) is 12.1 Å². The zero-order valence-electron chi connectivity index (χ0n) is 11.5. The number of nitrogens with two attached hydrogens (primary N) is 1. The molecule has 1 heterocycles. The van der Waals surface area contributed by atoms with Gasteiger partial charge in [-0.05, 0) is 36.0 Å². The summed E-state index contributed by atoms with van der Waals surface area (Å²) in [6.45, 7) is 0. The SMILES string of the molecule is COCl.NC(c1ccccc1)c1ccc(C2CC2)cn1. The summed E-state index contributed by atoms with van der Waals surface area (Å²) in [6.07, 6.45) is 4.60. The van der Waals surface area contributed by atoms with Gasteiger partial charge in [-0.3, -0.25) is 9.27 Å². The third-order valence-corrected chi connectivity index (χ3v) is 3.34. The molecule has 4 heteroatoms. The molecule has 1 fully saturated rings. The van der Waals surface area contributed by atoms with E-state index in [2.05, 4.69) is 33.3 Å². The lowest BCUT2D eigenvalue weighted by molar-refractivity contribution is 0.463. The summed E-state index contributed by atoms with van der Waals surface area (Å²) in [5.41, 5.74) is 9.61. The molecular weight excluding hydrogens is 272 g/mol. The summed E-state index contributed by atoms with van der Waals surface area (Å²) in [7, 11) is 1.39. The molecule has 0 amide bonds. The molecule has 1 aromatic carbocycles. The number of benzene rings is 1. The van der Waals surface area contributed by atoms with E-state index < -0.39 is 0 Å². The van der Waals surface area contributed by atoms with Gasteiger partial charge in [-0.2, -0.15) is 0 Å². The van der Waals surface area contributed by atoms with E-state index in [4.69, 9.17) is 5.73 Å². The van der Waals surface area contributed by atoms with E-state index in [0.29, 0.717) is 0 Å². The monoisotopic (exact) mass is 290 g/mol. The lowest BCUT2D eigenvalue weighted by Gasteiger charge is -2.11. The van der Waals surface area contributed by atoms with Crippen LogP contribution in [0.5, 0.6) is 0 Å². The van der Waals surface area contributed by atoms with Crippen LogP contribution in [0.3, 0.4) is 0 Å². The number of nitrogens with zero attached hydrogens (tertiary/aromatic N) is 1. The Balaban J connectivity index is 0.000000452. The van der Waals surface area contributed by atoms with Gasteiger partial charge < -0.3 is 5.73 Å². The van der Waals surface area contributed by atoms with Crippen LogP contribution < -0.4 is 5.73 Å². The topological polar surface area (TPSA) is 48.1 Å². The predicted octanol–water partition coefficient (Wildman–Crippen LogP) is 3.79. The summed E-state index contributed by atoms with van der Waals surface area (Å²) in [5, 5.41) is 0. The smallest absolute Gasteiger partial charge is 0.0726 e. The Morgan fingerprint density at radius 2 is 1.85 bits per heavy atom. The van der Waals surface area contributed by atoms with Crippen molar-refractivity contribution in [2.75, 3.05) is 7.11 Å². The van der Waals surface area contributed by atoms with Crippen molar-refractivity contribution in [3.05, 3.63) is 65.5 Å². The van der Waals surface area contributed by atoms with Crippen molar-refractivity contribution < 1.29 is 4.29 Å². The van der Waals surface area contributed by atoms with Crippen molar-refractivity contribution in [3.8, 4) is 0 Å². The third-order valence-electron chi connectivity index (χ3n) is 3.34. The molecule has 2 N–H and O–H groups in total. The zero-order valence-corrected chi connectivity index (χ0v) is 12.3. The summed E-state index contributed by atoms with van der Waals surface area (Å²) in [6, 6.07) is 14.2. The average Bonchev–Trinajstić information content (AvgIpc) is 3.33. The molecule has 20 heavy (non-hydrogen) atoms. The fourth-order valence-corrected chi connectivity index (χ4v) is 2.09. The lowest BCUT2D eigenvalue weighted by atomic mass is 10.0. The lowest BCUT2D eigenvalue weighted by Crippen LogP contribution is -2.13. The van der Waals surface area contributed by atoms with Crippen molar-refractivity contribution in [3.63, 3.8) is 0 Å². The number of hydrogen-bond donors (Lipinski definition) is 1. The van der Waals surface area contributed by atoms with Crippen molar-refractivity contribution in [2.24, 2.45) is 5.73 Å². The number of hydrogen-bond acceptors (Lipinski definition) is 3. The molecule has 106 valence electrons. The van der Waals surface area contributed by atoms with E-state index in [9.17, 15) is 0 Å². The molecule has 0 saturated heterocycles. The zero-order chi connectivity index (χ0) is 14.4. The van der Waals surface area contributed by atoms with E-state index in [1.165, 1.54) is 25.5 Å². The van der Waals surface area contributed by atoms with Gasteiger partial charge in [-0.25, -0.2) is 0 Å². The Morgan fingerprint density at radius 1 is 1.20 bits per heavy atom. The number of rotatable bonds is 3. The minimum absolute atomic E-state index is 0.121. The molecule has 1 unspecified atom stereocenters. The number of halogens is 1. The van der Waals surface area contributed by atoms with Crippen LogP contribution in [0.2, 0.25) is 0 Å². The molecular formula is C16H19ClN2O. The molecule has 1 aromatic heterocycles. The largest absolute Gasteiger partial charge is 0.319 e. The second kappa shape index (κ2) is 7.39. The molecule has 1 saturated carbocycles. The van der Waals surface area contributed by atoms with Gasteiger partial charge in [0.1, 0.15) is 0 Å².